The van der Waals surface area contributed by atoms with Crippen molar-refractivity contribution in [1.29, 1.82) is 0 Å². The number of hydrogen-bond acceptors (Lipinski definition) is 3. The lowest BCUT2D eigenvalue weighted by Crippen LogP contribution is -2.01. The molecule has 0 saturated heterocycles. The first-order valence-electron chi connectivity index (χ1n) is 6.16. The van der Waals surface area contributed by atoms with Gasteiger partial charge in [0.25, 0.3) is 0 Å². The van der Waals surface area contributed by atoms with E-state index in [0.29, 0.717) is 10.8 Å². The van der Waals surface area contributed by atoms with Gasteiger partial charge in [0.2, 0.25) is 0 Å². The number of nitrogens with zero attached hydrogens (tertiary/aromatic N) is 3. The molecule has 0 atom stereocenters. The van der Waals surface area contributed by atoms with Gasteiger partial charge in [-0.3, -0.25) is 5.10 Å². The van der Waals surface area contributed by atoms with Crippen molar-refractivity contribution in [2.24, 2.45) is 0 Å². The van der Waals surface area contributed by atoms with E-state index >= 15 is 0 Å². The number of fused-ring (bicyclic) bond motifs is 1. The monoisotopic (exact) mass is 275 g/mol. The zero-order valence-electron chi connectivity index (χ0n) is 10.5. The van der Waals surface area contributed by atoms with E-state index in [-0.39, 0.29) is 0 Å². The third-order valence-corrected chi connectivity index (χ3v) is 3.38. The molecule has 2 heterocycles. The predicted molar refractivity (Wildman–Crippen MR) is 77.0 cm³/mol. The van der Waals surface area contributed by atoms with Crippen LogP contribution in [0.2, 0.25) is 5.02 Å². The van der Waals surface area contributed by atoms with Crippen LogP contribution in [0.3, 0.4) is 0 Å². The van der Waals surface area contributed by atoms with Crippen molar-refractivity contribution in [3.05, 3.63) is 29.4 Å². The first-order valence-corrected chi connectivity index (χ1v) is 6.54. The van der Waals surface area contributed by atoms with Crippen LogP contribution < -0.4 is 5.73 Å². The van der Waals surface area contributed by atoms with Crippen LogP contribution in [-0.2, 0) is 6.54 Å². The Bertz CT molecular complexity index is 728. The molecule has 0 spiro atoms. The summed E-state index contributed by atoms with van der Waals surface area (Å²) in [6.07, 6.45) is 2.68. The van der Waals surface area contributed by atoms with Crippen molar-refractivity contribution in [3.8, 4) is 11.4 Å². The molecule has 0 aliphatic heterocycles. The number of hydrogen-bond donors (Lipinski definition) is 2. The van der Waals surface area contributed by atoms with Crippen LogP contribution in [0.1, 0.15) is 13.3 Å². The number of nitrogens with two attached hydrogens (primary N) is 1. The number of imidazole rings is 1. The van der Waals surface area contributed by atoms with Gasteiger partial charge in [0.1, 0.15) is 11.6 Å². The first-order chi connectivity index (χ1) is 9.22. The van der Waals surface area contributed by atoms with Crippen LogP contribution in [0.15, 0.2) is 24.4 Å². The Hall–Kier alpha value is -2.01. The van der Waals surface area contributed by atoms with Crippen molar-refractivity contribution in [3.63, 3.8) is 0 Å². The maximum Gasteiger partial charge on any atom is 0.146 e. The molecule has 0 amide bonds. The molecule has 3 N–H and O–H groups in total. The largest absolute Gasteiger partial charge is 0.383 e. The molecule has 19 heavy (non-hydrogen) atoms. The highest BCUT2D eigenvalue weighted by Gasteiger charge is 2.17. The lowest BCUT2D eigenvalue weighted by molar-refractivity contribution is 0.704. The lowest BCUT2D eigenvalue weighted by Gasteiger charge is -2.07. The van der Waals surface area contributed by atoms with Crippen LogP contribution in [0.5, 0.6) is 0 Å². The fraction of sp³-hybridized carbons (Fsp3) is 0.231. The van der Waals surface area contributed by atoms with Crippen LogP contribution >= 0.6 is 11.6 Å². The second kappa shape index (κ2) is 4.59. The van der Waals surface area contributed by atoms with Gasteiger partial charge in [0, 0.05) is 6.54 Å². The Morgan fingerprint density at radius 1 is 1.42 bits per heavy atom. The van der Waals surface area contributed by atoms with Crippen molar-refractivity contribution >= 4 is 28.5 Å². The van der Waals surface area contributed by atoms with Crippen molar-refractivity contribution in [2.75, 3.05) is 5.73 Å². The van der Waals surface area contributed by atoms with Crippen molar-refractivity contribution in [2.45, 2.75) is 19.9 Å². The second-order valence-corrected chi connectivity index (χ2v) is 4.80. The van der Waals surface area contributed by atoms with Gasteiger partial charge in [0.15, 0.2) is 0 Å². The molecule has 3 aromatic rings. The minimum Gasteiger partial charge on any atom is -0.383 e. The topological polar surface area (TPSA) is 72.5 Å². The fourth-order valence-electron chi connectivity index (χ4n) is 2.26. The fourth-order valence-corrected chi connectivity index (χ4v) is 2.53. The third-order valence-electron chi connectivity index (χ3n) is 3.07. The van der Waals surface area contributed by atoms with E-state index in [0.717, 1.165) is 35.4 Å². The average Bonchev–Trinajstić information content (AvgIpc) is 2.95. The molecule has 98 valence electrons. The summed E-state index contributed by atoms with van der Waals surface area (Å²) in [4.78, 5) is 4.63. The summed E-state index contributed by atoms with van der Waals surface area (Å²) in [7, 11) is 0. The van der Waals surface area contributed by atoms with Crippen LogP contribution in [-0.4, -0.2) is 19.7 Å². The summed E-state index contributed by atoms with van der Waals surface area (Å²) in [6, 6.07) is 5.73. The molecule has 0 aliphatic carbocycles. The summed E-state index contributed by atoms with van der Waals surface area (Å²) in [5.74, 6) is 1.32. The number of nitrogen functional groups attached to an aromatic ring is 1. The van der Waals surface area contributed by atoms with E-state index < -0.39 is 0 Å². The SMILES string of the molecule is CCCn1c(-c2cn[nH]c2N)nc2cccc(Cl)c21. The summed E-state index contributed by atoms with van der Waals surface area (Å²) in [5.41, 5.74) is 8.52. The van der Waals surface area contributed by atoms with Gasteiger partial charge in [-0.05, 0) is 18.6 Å². The minimum absolute atomic E-state index is 0.517. The number of para-hydroxylation sites is 1. The maximum atomic E-state index is 6.30. The molecule has 1 aromatic carbocycles. The standard InChI is InChI=1S/C13H14ClN5/c1-2-6-19-11-9(14)4-3-5-10(11)17-13(19)8-7-16-18-12(8)15/h3-5,7H,2,6H2,1H3,(H3,15,16,18). The molecular formula is C13H14ClN5. The Morgan fingerprint density at radius 3 is 2.95 bits per heavy atom. The number of nitrogens with one attached hydrogen (secondary N) is 1. The maximum absolute atomic E-state index is 6.30. The lowest BCUT2D eigenvalue weighted by atomic mass is 10.3. The molecule has 0 saturated carbocycles. The zero-order chi connectivity index (χ0) is 13.4. The van der Waals surface area contributed by atoms with Crippen LogP contribution in [0, 0.1) is 0 Å². The average molecular weight is 276 g/mol. The molecule has 0 unspecified atom stereocenters. The van der Waals surface area contributed by atoms with Gasteiger partial charge in [0.05, 0.1) is 27.8 Å². The number of aryl methyl sites for hydroxylation is 1. The van der Waals surface area contributed by atoms with E-state index in [9.17, 15) is 0 Å². The van der Waals surface area contributed by atoms with Gasteiger partial charge in [-0.25, -0.2) is 4.98 Å². The van der Waals surface area contributed by atoms with E-state index in [4.69, 9.17) is 17.3 Å². The molecule has 0 radical (unpaired) electrons. The molecular weight excluding hydrogens is 262 g/mol. The molecule has 6 heteroatoms. The molecule has 0 fully saturated rings. The second-order valence-electron chi connectivity index (χ2n) is 4.39. The number of anilines is 1. The van der Waals surface area contributed by atoms with Gasteiger partial charge >= 0.3 is 0 Å². The van der Waals surface area contributed by atoms with Crippen molar-refractivity contribution in [1.82, 2.24) is 19.7 Å². The van der Waals surface area contributed by atoms with Crippen LogP contribution in [0.25, 0.3) is 22.4 Å². The number of aromatic nitrogens is 4. The highest BCUT2D eigenvalue weighted by molar-refractivity contribution is 6.35. The third kappa shape index (κ3) is 1.86. The van der Waals surface area contributed by atoms with E-state index in [1.54, 1.807) is 6.20 Å². The highest BCUT2D eigenvalue weighted by atomic mass is 35.5. The smallest absolute Gasteiger partial charge is 0.146 e. The minimum atomic E-state index is 0.517. The molecule has 0 aliphatic rings. The summed E-state index contributed by atoms with van der Waals surface area (Å²) in [6.45, 7) is 2.95. The zero-order valence-corrected chi connectivity index (χ0v) is 11.3. The highest BCUT2D eigenvalue weighted by Crippen LogP contribution is 2.31. The van der Waals surface area contributed by atoms with Gasteiger partial charge in [-0.15, -0.1) is 0 Å². The first kappa shape index (κ1) is 12.0. The summed E-state index contributed by atoms with van der Waals surface area (Å²) in [5, 5.41) is 7.39. The number of benzene rings is 1. The number of rotatable bonds is 3. The van der Waals surface area contributed by atoms with E-state index in [1.807, 2.05) is 18.2 Å². The Kier molecular flexibility index (Phi) is 2.91. The summed E-state index contributed by atoms with van der Waals surface area (Å²) >= 11 is 6.30. The van der Waals surface area contributed by atoms with Crippen LogP contribution in [0.4, 0.5) is 5.82 Å². The molecule has 3 rings (SSSR count). The Labute approximate surface area is 115 Å². The molecule has 2 aromatic heterocycles. The summed E-state index contributed by atoms with van der Waals surface area (Å²) < 4.78 is 2.10. The van der Waals surface area contributed by atoms with E-state index in [2.05, 4.69) is 26.7 Å². The Balaban J connectivity index is 2.33. The molecule has 5 nitrogen and oxygen atoms in total. The van der Waals surface area contributed by atoms with Gasteiger partial charge < -0.3 is 10.3 Å². The number of H-pyrrole nitrogens is 1. The number of aromatic amines is 1. The quantitative estimate of drug-likeness (QED) is 0.771. The Morgan fingerprint density at radius 2 is 2.26 bits per heavy atom. The van der Waals surface area contributed by atoms with Crippen molar-refractivity contribution < 1.29 is 0 Å². The predicted octanol–water partition coefficient (Wildman–Crippen LogP) is 3.07. The van der Waals surface area contributed by atoms with E-state index in [1.165, 1.54) is 0 Å². The molecule has 0 bridgehead atoms. The van der Waals surface area contributed by atoms with Gasteiger partial charge in [-0.2, -0.15) is 5.10 Å². The van der Waals surface area contributed by atoms with Gasteiger partial charge in [-0.1, -0.05) is 24.6 Å². The normalized spacial score (nSPS) is 11.3. The number of halogens is 1.